The number of methoxy groups -OCH3 is 1. The smallest absolute Gasteiger partial charge is 0.244 e. The molecular formula is C16H21N3O3. The van der Waals surface area contributed by atoms with E-state index in [9.17, 15) is 0 Å². The van der Waals surface area contributed by atoms with Gasteiger partial charge in [0, 0.05) is 20.2 Å². The molecule has 0 radical (unpaired) electrons. The Bertz CT molecular complexity index is 611. The predicted octanol–water partition coefficient (Wildman–Crippen LogP) is 1.83. The first kappa shape index (κ1) is 15.1. The molecule has 1 aliphatic rings. The SMILES string of the molecule is CO[C@@H]1C[C@H](c2nc(C)no2)N(Cc2ccc(CO)cc2)C1. The van der Waals surface area contributed by atoms with E-state index in [-0.39, 0.29) is 18.8 Å². The lowest BCUT2D eigenvalue weighted by Crippen LogP contribution is -2.25. The molecule has 0 spiro atoms. The molecule has 1 N–H and O–H groups in total. The van der Waals surface area contributed by atoms with Crippen LogP contribution in [0.3, 0.4) is 0 Å². The summed E-state index contributed by atoms with van der Waals surface area (Å²) in [6.45, 7) is 3.52. The second kappa shape index (κ2) is 6.56. The van der Waals surface area contributed by atoms with E-state index in [1.165, 1.54) is 5.56 Å². The molecule has 6 nitrogen and oxygen atoms in total. The molecule has 1 fully saturated rings. The zero-order valence-corrected chi connectivity index (χ0v) is 12.9. The highest BCUT2D eigenvalue weighted by Crippen LogP contribution is 2.33. The molecule has 0 saturated carbocycles. The van der Waals surface area contributed by atoms with Gasteiger partial charge in [-0.2, -0.15) is 4.98 Å². The molecule has 2 heterocycles. The summed E-state index contributed by atoms with van der Waals surface area (Å²) < 4.78 is 10.9. The molecule has 1 saturated heterocycles. The number of rotatable bonds is 5. The van der Waals surface area contributed by atoms with Crippen LogP contribution in [0.5, 0.6) is 0 Å². The maximum absolute atomic E-state index is 9.12. The molecule has 1 aliphatic heterocycles. The molecule has 0 bridgehead atoms. The molecule has 1 aromatic carbocycles. The predicted molar refractivity (Wildman–Crippen MR) is 80.0 cm³/mol. The number of aliphatic hydroxyl groups excluding tert-OH is 1. The van der Waals surface area contributed by atoms with Crippen LogP contribution in [0.1, 0.15) is 35.3 Å². The van der Waals surface area contributed by atoms with Crippen LogP contribution in [0.2, 0.25) is 0 Å². The Labute approximate surface area is 129 Å². The van der Waals surface area contributed by atoms with Crippen molar-refractivity contribution in [2.24, 2.45) is 0 Å². The van der Waals surface area contributed by atoms with E-state index in [1.807, 2.05) is 31.2 Å². The van der Waals surface area contributed by atoms with Gasteiger partial charge in [0.25, 0.3) is 0 Å². The van der Waals surface area contributed by atoms with E-state index >= 15 is 0 Å². The monoisotopic (exact) mass is 303 g/mol. The highest BCUT2D eigenvalue weighted by molar-refractivity contribution is 5.22. The Morgan fingerprint density at radius 3 is 2.64 bits per heavy atom. The van der Waals surface area contributed by atoms with E-state index in [4.69, 9.17) is 14.4 Å². The largest absolute Gasteiger partial charge is 0.392 e. The fourth-order valence-corrected chi connectivity index (χ4v) is 2.90. The van der Waals surface area contributed by atoms with Gasteiger partial charge in [0.05, 0.1) is 18.8 Å². The lowest BCUT2D eigenvalue weighted by Gasteiger charge is -2.21. The van der Waals surface area contributed by atoms with Gasteiger partial charge >= 0.3 is 0 Å². The van der Waals surface area contributed by atoms with Gasteiger partial charge in [-0.3, -0.25) is 4.90 Å². The summed E-state index contributed by atoms with van der Waals surface area (Å²) in [4.78, 5) is 6.67. The first-order valence-corrected chi connectivity index (χ1v) is 7.45. The number of hydrogen-bond donors (Lipinski definition) is 1. The fraction of sp³-hybridized carbons (Fsp3) is 0.500. The van der Waals surface area contributed by atoms with Crippen LogP contribution in [0.4, 0.5) is 0 Å². The third kappa shape index (κ3) is 3.19. The summed E-state index contributed by atoms with van der Waals surface area (Å²) in [6, 6.07) is 8.07. The number of aliphatic hydroxyl groups is 1. The zero-order valence-electron chi connectivity index (χ0n) is 12.9. The van der Waals surface area contributed by atoms with Crippen molar-refractivity contribution in [3.8, 4) is 0 Å². The molecule has 1 aromatic heterocycles. The van der Waals surface area contributed by atoms with Gasteiger partial charge in [-0.25, -0.2) is 0 Å². The summed E-state index contributed by atoms with van der Waals surface area (Å²) >= 11 is 0. The number of nitrogens with zero attached hydrogens (tertiary/aromatic N) is 3. The normalized spacial score (nSPS) is 22.3. The van der Waals surface area contributed by atoms with E-state index in [0.29, 0.717) is 11.7 Å². The maximum atomic E-state index is 9.12. The number of hydrogen-bond acceptors (Lipinski definition) is 6. The average molecular weight is 303 g/mol. The molecule has 2 atom stereocenters. The van der Waals surface area contributed by atoms with E-state index in [0.717, 1.165) is 25.1 Å². The Kier molecular flexibility index (Phi) is 4.52. The highest BCUT2D eigenvalue weighted by Gasteiger charge is 2.36. The van der Waals surface area contributed by atoms with Crippen LogP contribution >= 0.6 is 0 Å². The molecule has 3 rings (SSSR count). The number of benzene rings is 1. The van der Waals surface area contributed by atoms with Crippen LogP contribution in [-0.4, -0.2) is 39.9 Å². The quantitative estimate of drug-likeness (QED) is 0.908. The summed E-state index contributed by atoms with van der Waals surface area (Å²) in [6.07, 6.45) is 1.03. The topological polar surface area (TPSA) is 71.6 Å². The summed E-state index contributed by atoms with van der Waals surface area (Å²) in [5, 5.41) is 13.0. The van der Waals surface area contributed by atoms with E-state index < -0.39 is 0 Å². The second-order valence-corrected chi connectivity index (χ2v) is 5.69. The van der Waals surface area contributed by atoms with Gasteiger partial charge in [-0.1, -0.05) is 29.4 Å². The van der Waals surface area contributed by atoms with Crippen molar-refractivity contribution >= 4 is 0 Å². The lowest BCUT2D eigenvalue weighted by atomic mass is 10.1. The van der Waals surface area contributed by atoms with E-state index in [1.54, 1.807) is 7.11 Å². The number of aromatic nitrogens is 2. The molecule has 6 heteroatoms. The average Bonchev–Trinajstić information content (AvgIpc) is 3.14. The minimum atomic E-state index is 0.0691. The van der Waals surface area contributed by atoms with Crippen molar-refractivity contribution < 1.29 is 14.4 Å². The Morgan fingerprint density at radius 2 is 2.05 bits per heavy atom. The lowest BCUT2D eigenvalue weighted by molar-refractivity contribution is 0.107. The minimum Gasteiger partial charge on any atom is -0.392 e. The minimum absolute atomic E-state index is 0.0691. The van der Waals surface area contributed by atoms with E-state index in [2.05, 4.69) is 15.0 Å². The van der Waals surface area contributed by atoms with Gasteiger partial charge in [0.15, 0.2) is 5.82 Å². The Hall–Kier alpha value is -1.76. The summed E-state index contributed by atoms with van der Waals surface area (Å²) in [7, 11) is 1.74. The fourth-order valence-electron chi connectivity index (χ4n) is 2.90. The second-order valence-electron chi connectivity index (χ2n) is 5.69. The molecule has 2 aromatic rings. The van der Waals surface area contributed by atoms with Crippen LogP contribution in [0.25, 0.3) is 0 Å². The molecular weight excluding hydrogens is 282 g/mol. The van der Waals surface area contributed by atoms with Crippen molar-refractivity contribution in [1.82, 2.24) is 15.0 Å². The third-order valence-electron chi connectivity index (χ3n) is 4.12. The van der Waals surface area contributed by atoms with Gasteiger partial charge in [0.1, 0.15) is 0 Å². The van der Waals surface area contributed by atoms with Crippen molar-refractivity contribution in [3.63, 3.8) is 0 Å². The highest BCUT2D eigenvalue weighted by atomic mass is 16.5. The van der Waals surface area contributed by atoms with Gasteiger partial charge in [-0.05, 0) is 24.5 Å². The molecule has 0 amide bonds. The standard InChI is InChI=1S/C16H21N3O3/c1-11-17-16(22-18-11)15-7-14(21-2)9-19(15)8-12-3-5-13(10-20)6-4-12/h3-6,14-15,20H,7-10H2,1-2H3/t14-,15-/m1/s1. The Morgan fingerprint density at radius 1 is 1.32 bits per heavy atom. The van der Waals surface area contributed by atoms with Crippen molar-refractivity contribution in [1.29, 1.82) is 0 Å². The maximum Gasteiger partial charge on any atom is 0.244 e. The molecule has 0 unspecified atom stereocenters. The summed E-state index contributed by atoms with van der Waals surface area (Å²) in [5.41, 5.74) is 2.11. The van der Waals surface area contributed by atoms with Crippen LogP contribution in [0.15, 0.2) is 28.8 Å². The zero-order chi connectivity index (χ0) is 15.5. The van der Waals surface area contributed by atoms with Crippen LogP contribution < -0.4 is 0 Å². The van der Waals surface area contributed by atoms with Crippen molar-refractivity contribution in [2.75, 3.05) is 13.7 Å². The summed E-state index contributed by atoms with van der Waals surface area (Å²) in [5.74, 6) is 1.31. The number of likely N-dealkylation sites (tertiary alicyclic amines) is 1. The number of aryl methyl sites for hydroxylation is 1. The first-order chi connectivity index (χ1) is 10.7. The third-order valence-corrected chi connectivity index (χ3v) is 4.12. The van der Waals surface area contributed by atoms with Crippen LogP contribution in [0, 0.1) is 6.92 Å². The van der Waals surface area contributed by atoms with Gasteiger partial charge in [-0.15, -0.1) is 0 Å². The van der Waals surface area contributed by atoms with Crippen molar-refractivity contribution in [3.05, 3.63) is 47.1 Å². The molecule has 118 valence electrons. The molecule has 0 aliphatic carbocycles. The van der Waals surface area contributed by atoms with Gasteiger partial charge < -0.3 is 14.4 Å². The van der Waals surface area contributed by atoms with Gasteiger partial charge in [0.2, 0.25) is 5.89 Å². The first-order valence-electron chi connectivity index (χ1n) is 7.45. The molecule has 22 heavy (non-hydrogen) atoms. The number of ether oxygens (including phenoxy) is 1. The van der Waals surface area contributed by atoms with Crippen molar-refractivity contribution in [2.45, 2.75) is 38.6 Å². The van der Waals surface area contributed by atoms with Crippen LogP contribution in [-0.2, 0) is 17.9 Å². The Balaban J connectivity index is 1.76.